The van der Waals surface area contributed by atoms with Crippen molar-refractivity contribution in [2.24, 2.45) is 0 Å². The van der Waals surface area contributed by atoms with Crippen LogP contribution in [0.3, 0.4) is 0 Å². The third-order valence-corrected chi connectivity index (χ3v) is 2.98. The van der Waals surface area contributed by atoms with Gasteiger partial charge in [0, 0.05) is 0 Å². The molecule has 17 heavy (non-hydrogen) atoms. The maximum atomic E-state index is 9.04. The minimum absolute atomic E-state index is 0.0345. The van der Waals surface area contributed by atoms with Gasteiger partial charge in [0.25, 0.3) is 0 Å². The van der Waals surface area contributed by atoms with Crippen molar-refractivity contribution in [3.05, 3.63) is 12.5 Å². The van der Waals surface area contributed by atoms with Gasteiger partial charge in [-0.2, -0.15) is 5.10 Å². The van der Waals surface area contributed by atoms with Crippen molar-refractivity contribution in [3.8, 4) is 0 Å². The highest BCUT2D eigenvalue weighted by atomic mass is 16.5. The normalized spacial score (nSPS) is 24.5. The number of aliphatic hydroxyl groups is 1. The van der Waals surface area contributed by atoms with Crippen molar-refractivity contribution in [3.63, 3.8) is 0 Å². The fourth-order valence-electron chi connectivity index (χ4n) is 2.09. The highest BCUT2D eigenvalue weighted by Gasteiger charge is 2.28. The van der Waals surface area contributed by atoms with Crippen LogP contribution in [-0.4, -0.2) is 37.6 Å². The summed E-state index contributed by atoms with van der Waals surface area (Å²) in [5, 5.41) is 14.0. The molecular weight excluding hydrogens is 222 g/mol. The Bertz CT molecular complexity index is 540. The quantitative estimate of drug-likeness (QED) is 0.764. The summed E-state index contributed by atoms with van der Waals surface area (Å²) < 4.78 is 7.35. The standard InChI is InChI=1S/C10H13N5O2/c11-9-7-3-14-15(10(7)13-5-12-9)8-2-1-6(4-16)17-8/h3,5-6,8,16H,1-2,4H2,(H2,11,12,13)/t6?,8-/m1/s1. The third-order valence-electron chi connectivity index (χ3n) is 2.98. The van der Waals surface area contributed by atoms with E-state index >= 15 is 0 Å². The lowest BCUT2D eigenvalue weighted by atomic mass is 10.2. The van der Waals surface area contributed by atoms with E-state index in [1.165, 1.54) is 6.33 Å². The predicted molar refractivity (Wildman–Crippen MR) is 60.0 cm³/mol. The van der Waals surface area contributed by atoms with Crippen LogP contribution in [0.1, 0.15) is 19.1 Å². The lowest BCUT2D eigenvalue weighted by Gasteiger charge is -2.12. The molecule has 3 N–H and O–H groups in total. The summed E-state index contributed by atoms with van der Waals surface area (Å²) in [4.78, 5) is 8.08. The maximum absolute atomic E-state index is 9.04. The number of ether oxygens (including phenoxy) is 1. The Kier molecular flexibility index (Phi) is 2.41. The Labute approximate surface area is 97.2 Å². The average molecular weight is 235 g/mol. The van der Waals surface area contributed by atoms with Crippen molar-refractivity contribution < 1.29 is 9.84 Å². The zero-order chi connectivity index (χ0) is 11.8. The molecule has 3 heterocycles. The van der Waals surface area contributed by atoms with Crippen molar-refractivity contribution >= 4 is 16.9 Å². The molecule has 2 aromatic rings. The fraction of sp³-hybridized carbons (Fsp3) is 0.500. The number of nitrogens with zero attached hydrogens (tertiary/aromatic N) is 4. The van der Waals surface area contributed by atoms with Gasteiger partial charge in [-0.05, 0) is 12.8 Å². The Balaban J connectivity index is 1.99. The lowest BCUT2D eigenvalue weighted by Crippen LogP contribution is -2.15. The SMILES string of the molecule is Nc1ncnc2c1cnn2[C@H]1CCC(CO)O1. The highest BCUT2D eigenvalue weighted by molar-refractivity contribution is 5.84. The first-order chi connectivity index (χ1) is 8.29. The van der Waals surface area contributed by atoms with Crippen molar-refractivity contribution in [2.75, 3.05) is 12.3 Å². The zero-order valence-electron chi connectivity index (χ0n) is 9.15. The van der Waals surface area contributed by atoms with Gasteiger partial charge in [0.15, 0.2) is 11.9 Å². The van der Waals surface area contributed by atoms with Crippen LogP contribution in [0.25, 0.3) is 11.0 Å². The fourth-order valence-corrected chi connectivity index (χ4v) is 2.09. The molecule has 90 valence electrons. The molecule has 3 rings (SSSR count). The van der Waals surface area contributed by atoms with Crippen molar-refractivity contribution in [1.29, 1.82) is 0 Å². The van der Waals surface area contributed by atoms with E-state index in [1.54, 1.807) is 10.9 Å². The van der Waals surface area contributed by atoms with E-state index in [0.29, 0.717) is 11.5 Å². The summed E-state index contributed by atoms with van der Waals surface area (Å²) in [5.41, 5.74) is 6.40. The molecule has 7 heteroatoms. The number of aromatic nitrogens is 4. The van der Waals surface area contributed by atoms with Crippen LogP contribution in [0.5, 0.6) is 0 Å². The van der Waals surface area contributed by atoms with E-state index in [1.807, 2.05) is 0 Å². The van der Waals surface area contributed by atoms with Crippen molar-refractivity contribution in [2.45, 2.75) is 25.2 Å². The Hall–Kier alpha value is -1.73. The van der Waals surface area contributed by atoms with Gasteiger partial charge in [-0.25, -0.2) is 14.6 Å². The van der Waals surface area contributed by atoms with E-state index in [-0.39, 0.29) is 18.9 Å². The topological polar surface area (TPSA) is 99.1 Å². The first-order valence-electron chi connectivity index (χ1n) is 5.49. The van der Waals surface area contributed by atoms with Crippen LogP contribution in [0.15, 0.2) is 12.5 Å². The third kappa shape index (κ3) is 1.63. The van der Waals surface area contributed by atoms with Gasteiger partial charge in [-0.1, -0.05) is 0 Å². The Morgan fingerprint density at radius 1 is 1.47 bits per heavy atom. The van der Waals surface area contributed by atoms with Gasteiger partial charge < -0.3 is 15.6 Å². The summed E-state index contributed by atoms with van der Waals surface area (Å²) in [7, 11) is 0. The van der Waals surface area contributed by atoms with E-state index in [2.05, 4.69) is 15.1 Å². The van der Waals surface area contributed by atoms with Crippen LogP contribution < -0.4 is 5.73 Å². The maximum Gasteiger partial charge on any atom is 0.165 e. The van der Waals surface area contributed by atoms with E-state index in [9.17, 15) is 0 Å². The number of fused-ring (bicyclic) bond motifs is 1. The van der Waals surface area contributed by atoms with Gasteiger partial charge in [-0.15, -0.1) is 0 Å². The molecular formula is C10H13N5O2. The summed E-state index contributed by atoms with van der Waals surface area (Å²) in [6.07, 6.45) is 4.39. The summed E-state index contributed by atoms with van der Waals surface area (Å²) in [6.45, 7) is 0.0345. The number of hydrogen-bond donors (Lipinski definition) is 2. The minimum atomic E-state index is -0.182. The molecule has 0 aromatic carbocycles. The molecule has 7 nitrogen and oxygen atoms in total. The number of rotatable bonds is 2. The molecule has 1 fully saturated rings. The van der Waals surface area contributed by atoms with Crippen LogP contribution in [0, 0.1) is 0 Å². The first kappa shape index (κ1) is 10.4. The molecule has 1 unspecified atom stereocenters. The van der Waals surface area contributed by atoms with Crippen LogP contribution in [0.2, 0.25) is 0 Å². The molecule has 2 aromatic heterocycles. The van der Waals surface area contributed by atoms with Crippen LogP contribution in [-0.2, 0) is 4.74 Å². The highest BCUT2D eigenvalue weighted by Crippen LogP contribution is 2.30. The second-order valence-corrected chi connectivity index (χ2v) is 4.06. The molecule has 0 radical (unpaired) electrons. The number of anilines is 1. The summed E-state index contributed by atoms with van der Waals surface area (Å²) in [5.74, 6) is 0.415. The molecule has 2 atom stereocenters. The van der Waals surface area contributed by atoms with E-state index < -0.39 is 0 Å². The zero-order valence-corrected chi connectivity index (χ0v) is 9.15. The summed E-state index contributed by atoms with van der Waals surface area (Å²) in [6, 6.07) is 0. The van der Waals surface area contributed by atoms with Gasteiger partial charge in [0.2, 0.25) is 0 Å². The molecule has 0 aliphatic carbocycles. The molecule has 0 amide bonds. The molecule has 0 saturated carbocycles. The average Bonchev–Trinajstić information content (AvgIpc) is 2.94. The van der Waals surface area contributed by atoms with Crippen LogP contribution >= 0.6 is 0 Å². The molecule has 0 spiro atoms. The summed E-state index contributed by atoms with van der Waals surface area (Å²) >= 11 is 0. The smallest absolute Gasteiger partial charge is 0.165 e. The molecule has 1 aliphatic rings. The lowest BCUT2D eigenvalue weighted by molar-refractivity contribution is -0.0262. The van der Waals surface area contributed by atoms with Gasteiger partial charge in [-0.3, -0.25) is 0 Å². The van der Waals surface area contributed by atoms with Gasteiger partial charge >= 0.3 is 0 Å². The number of hydrogen-bond acceptors (Lipinski definition) is 6. The number of aliphatic hydroxyl groups excluding tert-OH is 1. The molecule has 1 saturated heterocycles. The minimum Gasteiger partial charge on any atom is -0.394 e. The molecule has 0 bridgehead atoms. The van der Waals surface area contributed by atoms with Gasteiger partial charge in [0.1, 0.15) is 12.1 Å². The Morgan fingerprint density at radius 2 is 2.35 bits per heavy atom. The van der Waals surface area contributed by atoms with E-state index in [0.717, 1.165) is 18.2 Å². The monoisotopic (exact) mass is 235 g/mol. The second-order valence-electron chi connectivity index (χ2n) is 4.06. The number of nitrogen functional groups attached to an aromatic ring is 1. The van der Waals surface area contributed by atoms with Gasteiger partial charge in [0.05, 0.1) is 24.3 Å². The number of nitrogens with two attached hydrogens (primary N) is 1. The van der Waals surface area contributed by atoms with Crippen molar-refractivity contribution in [1.82, 2.24) is 19.7 Å². The predicted octanol–water partition coefficient (Wildman–Crippen LogP) is 0.0784. The second kappa shape index (κ2) is 3.94. The Morgan fingerprint density at radius 3 is 3.12 bits per heavy atom. The molecule has 1 aliphatic heterocycles. The van der Waals surface area contributed by atoms with Crippen LogP contribution in [0.4, 0.5) is 5.82 Å². The largest absolute Gasteiger partial charge is 0.394 e. The first-order valence-corrected chi connectivity index (χ1v) is 5.49. The van der Waals surface area contributed by atoms with E-state index in [4.69, 9.17) is 15.6 Å².